The van der Waals surface area contributed by atoms with Gasteiger partial charge in [0.2, 0.25) is 11.8 Å². The third-order valence-corrected chi connectivity index (χ3v) is 9.85. The highest BCUT2D eigenvalue weighted by molar-refractivity contribution is 8.00. The number of nitrogens with one attached hydrogen (secondary N) is 1. The number of likely N-dealkylation sites (tertiary alicyclic amines) is 1. The molecule has 4 heterocycles. The molecular weight excluding hydrogens is 546 g/mol. The van der Waals surface area contributed by atoms with Gasteiger partial charge in [-0.2, -0.15) is 0 Å². The van der Waals surface area contributed by atoms with Crippen LogP contribution in [0, 0.1) is 5.92 Å². The molecule has 3 aliphatic heterocycles. The number of piperidine rings is 1. The minimum absolute atomic E-state index is 0.0504. The maximum absolute atomic E-state index is 13.8. The number of hydrogen-bond donors (Lipinski definition) is 1. The van der Waals surface area contributed by atoms with Gasteiger partial charge < -0.3 is 14.6 Å². The normalized spacial score (nSPS) is 22.8. The number of hydrogen-bond acceptors (Lipinski definition) is 7. The van der Waals surface area contributed by atoms with Gasteiger partial charge in [0.15, 0.2) is 6.61 Å². The molecule has 38 heavy (non-hydrogen) atoms. The molecule has 196 valence electrons. The van der Waals surface area contributed by atoms with Crippen LogP contribution < -0.4 is 14.5 Å². The van der Waals surface area contributed by atoms with Crippen molar-refractivity contribution in [1.82, 2.24) is 9.88 Å². The molecule has 3 amide bonds. The first-order chi connectivity index (χ1) is 18.4. The second kappa shape index (κ2) is 10.2. The first kappa shape index (κ1) is 25.2. The standard InChI is InChI=1S/C27H24ClN3O5S2/c28-16-7-9-17(10-8-16)31-25(33)21-20(22-24(29-27(35)38-22)37-23(21)26(31)34)15-5-4-6-18(13-15)36-14-19(32)30-11-2-1-3-12-30/h4-10,13,20-21,23H,1-3,11-12,14H2,(H,29,35)/t20-,21?,23?/m1/s1. The molecule has 11 heteroatoms. The van der Waals surface area contributed by atoms with E-state index in [1.807, 2.05) is 11.0 Å². The summed E-state index contributed by atoms with van der Waals surface area (Å²) >= 11 is 8.30. The second-order valence-corrected chi connectivity index (χ2v) is 12.1. The lowest BCUT2D eigenvalue weighted by Gasteiger charge is -2.30. The number of benzene rings is 2. The van der Waals surface area contributed by atoms with Crippen LogP contribution in [0.2, 0.25) is 5.02 Å². The maximum Gasteiger partial charge on any atom is 0.305 e. The molecule has 3 aliphatic rings. The van der Waals surface area contributed by atoms with Crippen LogP contribution in [0.4, 0.5) is 5.69 Å². The number of anilines is 1. The van der Waals surface area contributed by atoms with E-state index >= 15 is 0 Å². The average molecular weight is 570 g/mol. The highest BCUT2D eigenvalue weighted by atomic mass is 35.5. The Labute approximate surface area is 231 Å². The molecule has 0 bridgehead atoms. The first-order valence-electron chi connectivity index (χ1n) is 12.4. The van der Waals surface area contributed by atoms with E-state index in [1.54, 1.807) is 42.5 Å². The smallest absolute Gasteiger partial charge is 0.305 e. The van der Waals surface area contributed by atoms with Crippen LogP contribution >= 0.6 is 34.7 Å². The van der Waals surface area contributed by atoms with E-state index in [4.69, 9.17) is 16.3 Å². The Kier molecular flexibility index (Phi) is 6.79. The molecule has 1 aromatic heterocycles. The lowest BCUT2D eigenvalue weighted by Crippen LogP contribution is -2.38. The average Bonchev–Trinajstić information content (AvgIpc) is 3.42. The molecule has 3 aromatic rings. The molecule has 1 N–H and O–H groups in total. The van der Waals surface area contributed by atoms with Crippen molar-refractivity contribution in [3.05, 3.63) is 73.7 Å². The number of thioether (sulfide) groups is 1. The fourth-order valence-corrected chi connectivity index (χ4v) is 8.04. The van der Waals surface area contributed by atoms with Crippen LogP contribution in [0.1, 0.15) is 35.6 Å². The summed E-state index contributed by atoms with van der Waals surface area (Å²) in [7, 11) is 0. The zero-order valence-electron chi connectivity index (χ0n) is 20.2. The van der Waals surface area contributed by atoms with Crippen LogP contribution in [0.25, 0.3) is 0 Å². The molecule has 0 radical (unpaired) electrons. The number of halogens is 1. The van der Waals surface area contributed by atoms with E-state index in [-0.39, 0.29) is 29.2 Å². The van der Waals surface area contributed by atoms with Crippen molar-refractivity contribution in [2.45, 2.75) is 35.5 Å². The van der Waals surface area contributed by atoms with E-state index in [1.165, 1.54) is 16.7 Å². The number of rotatable bonds is 5. The Hall–Kier alpha value is -3.08. The minimum Gasteiger partial charge on any atom is -0.484 e. The van der Waals surface area contributed by atoms with Crippen LogP contribution in [-0.2, 0) is 14.4 Å². The Balaban J connectivity index is 1.32. The number of fused-ring (bicyclic) bond motifs is 2. The number of nitrogens with zero attached hydrogens (tertiary/aromatic N) is 2. The summed E-state index contributed by atoms with van der Waals surface area (Å²) in [6, 6.07) is 13.8. The lowest BCUT2D eigenvalue weighted by atomic mass is 9.83. The van der Waals surface area contributed by atoms with E-state index in [2.05, 4.69) is 4.98 Å². The molecule has 3 atom stereocenters. The monoisotopic (exact) mass is 569 g/mol. The summed E-state index contributed by atoms with van der Waals surface area (Å²) in [5, 5.41) is 0.427. The summed E-state index contributed by atoms with van der Waals surface area (Å²) in [6.45, 7) is 1.43. The van der Waals surface area contributed by atoms with Gasteiger partial charge in [0.25, 0.3) is 5.91 Å². The van der Waals surface area contributed by atoms with Gasteiger partial charge in [0.05, 0.1) is 16.6 Å². The molecule has 8 nitrogen and oxygen atoms in total. The Morgan fingerprint density at radius 1 is 1.03 bits per heavy atom. The van der Waals surface area contributed by atoms with E-state index in [0.29, 0.717) is 21.5 Å². The third kappa shape index (κ3) is 4.54. The number of carbonyl (C=O) groups is 3. The summed E-state index contributed by atoms with van der Waals surface area (Å²) in [4.78, 5) is 58.6. The Morgan fingerprint density at radius 3 is 2.55 bits per heavy atom. The molecule has 6 rings (SSSR count). The Morgan fingerprint density at radius 2 is 1.79 bits per heavy atom. The lowest BCUT2D eigenvalue weighted by molar-refractivity contribution is -0.134. The summed E-state index contributed by atoms with van der Waals surface area (Å²) in [5.74, 6) is -1.42. The number of amides is 3. The number of H-pyrrole nitrogens is 1. The molecule has 2 aromatic carbocycles. The van der Waals surface area contributed by atoms with Crippen molar-refractivity contribution < 1.29 is 19.1 Å². The van der Waals surface area contributed by atoms with Crippen molar-refractivity contribution in [2.75, 3.05) is 24.6 Å². The van der Waals surface area contributed by atoms with Gasteiger partial charge in [0.1, 0.15) is 11.0 Å². The molecule has 2 fully saturated rings. The first-order valence-corrected chi connectivity index (χ1v) is 14.5. The fraction of sp³-hybridized carbons (Fsp3) is 0.333. The Bertz CT molecular complexity index is 1460. The summed E-state index contributed by atoms with van der Waals surface area (Å²) in [5.41, 5.74) is 1.21. The quantitative estimate of drug-likeness (QED) is 0.461. The minimum atomic E-state index is -0.702. The van der Waals surface area contributed by atoms with Gasteiger partial charge in [-0.05, 0) is 61.2 Å². The van der Waals surface area contributed by atoms with Crippen molar-refractivity contribution in [3.8, 4) is 5.75 Å². The zero-order valence-corrected chi connectivity index (χ0v) is 22.6. The third-order valence-electron chi connectivity index (χ3n) is 7.20. The van der Waals surface area contributed by atoms with Crippen molar-refractivity contribution in [2.24, 2.45) is 5.92 Å². The molecule has 2 saturated heterocycles. The van der Waals surface area contributed by atoms with E-state index in [0.717, 1.165) is 54.1 Å². The van der Waals surface area contributed by atoms with Crippen LogP contribution in [0.15, 0.2) is 58.4 Å². The van der Waals surface area contributed by atoms with Gasteiger partial charge in [-0.1, -0.05) is 46.8 Å². The number of imide groups is 1. The topological polar surface area (TPSA) is 99.8 Å². The fourth-order valence-electron chi connectivity index (χ4n) is 5.40. The van der Waals surface area contributed by atoms with E-state index < -0.39 is 17.1 Å². The van der Waals surface area contributed by atoms with Gasteiger partial charge in [-0.15, -0.1) is 0 Å². The molecule has 0 saturated carbocycles. The van der Waals surface area contributed by atoms with Crippen molar-refractivity contribution in [1.29, 1.82) is 0 Å². The van der Waals surface area contributed by atoms with Crippen molar-refractivity contribution >= 4 is 58.1 Å². The molecule has 0 aliphatic carbocycles. The number of aromatic nitrogens is 1. The van der Waals surface area contributed by atoms with E-state index in [9.17, 15) is 19.2 Å². The molecular formula is C27H24ClN3O5S2. The zero-order chi connectivity index (χ0) is 26.4. The predicted molar refractivity (Wildman–Crippen MR) is 146 cm³/mol. The van der Waals surface area contributed by atoms with Gasteiger partial charge in [0, 0.05) is 28.9 Å². The van der Waals surface area contributed by atoms with Crippen LogP contribution in [0.3, 0.4) is 0 Å². The number of ether oxygens (including phenoxy) is 1. The predicted octanol–water partition coefficient (Wildman–Crippen LogP) is 4.28. The SMILES string of the molecule is O=C(COc1cccc([C@H]2c3sc(=O)[nH]c3SC3C(=O)N(c4ccc(Cl)cc4)C(=O)C32)c1)N1CCCCC1. The molecule has 0 spiro atoms. The van der Waals surface area contributed by atoms with Crippen LogP contribution in [0.5, 0.6) is 5.75 Å². The van der Waals surface area contributed by atoms with Gasteiger partial charge >= 0.3 is 4.87 Å². The van der Waals surface area contributed by atoms with Crippen molar-refractivity contribution in [3.63, 3.8) is 0 Å². The number of thiazole rings is 1. The summed E-state index contributed by atoms with van der Waals surface area (Å²) < 4.78 is 5.87. The maximum atomic E-state index is 13.8. The second-order valence-electron chi connectivity index (χ2n) is 9.54. The van der Waals surface area contributed by atoms with Crippen LogP contribution in [-0.4, -0.2) is 52.6 Å². The number of aromatic amines is 1. The number of carbonyl (C=O) groups excluding carboxylic acids is 3. The largest absolute Gasteiger partial charge is 0.484 e. The highest BCUT2D eigenvalue weighted by Crippen LogP contribution is 2.53. The highest BCUT2D eigenvalue weighted by Gasteiger charge is 2.56. The van der Waals surface area contributed by atoms with Gasteiger partial charge in [-0.25, -0.2) is 4.90 Å². The van der Waals surface area contributed by atoms with Gasteiger partial charge in [-0.3, -0.25) is 19.2 Å². The molecule has 2 unspecified atom stereocenters. The summed E-state index contributed by atoms with van der Waals surface area (Å²) in [6.07, 6.45) is 3.15.